The Morgan fingerprint density at radius 2 is 1.73 bits per heavy atom. The van der Waals surface area contributed by atoms with Crippen LogP contribution in [0.2, 0.25) is 0 Å². The van der Waals surface area contributed by atoms with Crippen molar-refractivity contribution in [2.45, 2.75) is 39.9 Å². The Kier molecular flexibility index (Phi) is 4.11. The van der Waals surface area contributed by atoms with E-state index in [4.69, 9.17) is 9.84 Å². The summed E-state index contributed by atoms with van der Waals surface area (Å²) in [6, 6.07) is 0. The van der Waals surface area contributed by atoms with Gasteiger partial charge in [0.05, 0.1) is 18.1 Å². The molecule has 3 nitrogen and oxygen atoms in total. The zero-order valence-electron chi connectivity index (χ0n) is 7.50. The summed E-state index contributed by atoms with van der Waals surface area (Å²) in [6.45, 7) is 6.79. The van der Waals surface area contributed by atoms with Gasteiger partial charge in [0.15, 0.2) is 0 Å². The first-order valence-electron chi connectivity index (χ1n) is 3.83. The van der Waals surface area contributed by atoms with E-state index in [1.807, 2.05) is 0 Å². The maximum Gasteiger partial charge on any atom is 0.311 e. The predicted molar refractivity (Wildman–Crippen MR) is 42.1 cm³/mol. The second kappa shape index (κ2) is 4.34. The Hall–Kier alpha value is -0.570. The summed E-state index contributed by atoms with van der Waals surface area (Å²) >= 11 is 0. The highest BCUT2D eigenvalue weighted by Gasteiger charge is 2.20. The molecule has 0 saturated carbocycles. The first-order valence-corrected chi connectivity index (χ1v) is 3.83. The van der Waals surface area contributed by atoms with Crippen LogP contribution in [0.1, 0.15) is 27.7 Å². The van der Waals surface area contributed by atoms with Crippen molar-refractivity contribution in [3.8, 4) is 0 Å². The molecule has 1 N–H and O–H groups in total. The van der Waals surface area contributed by atoms with E-state index >= 15 is 0 Å². The summed E-state index contributed by atoms with van der Waals surface area (Å²) in [5.41, 5.74) is 0. The molecule has 0 rings (SSSR count). The van der Waals surface area contributed by atoms with E-state index < -0.39 is 12.0 Å². The maximum absolute atomic E-state index is 11.0. The fourth-order valence-corrected chi connectivity index (χ4v) is 0.537. The Morgan fingerprint density at radius 1 is 1.27 bits per heavy atom. The highest BCUT2D eigenvalue weighted by atomic mass is 16.5. The molecule has 0 heterocycles. The minimum Gasteiger partial charge on any atom is -0.463 e. The topological polar surface area (TPSA) is 46.5 Å². The SMILES string of the molecule is CC(C)OC(=O)[C@@H](C)[C@@H](C)O. The van der Waals surface area contributed by atoms with E-state index in [9.17, 15) is 4.79 Å². The first kappa shape index (κ1) is 10.4. The molecule has 0 aromatic heterocycles. The highest BCUT2D eigenvalue weighted by Crippen LogP contribution is 2.05. The molecule has 0 aromatic carbocycles. The third-order valence-electron chi connectivity index (χ3n) is 1.45. The van der Waals surface area contributed by atoms with Crippen LogP contribution in [0, 0.1) is 5.92 Å². The first-order chi connectivity index (χ1) is 4.95. The summed E-state index contributed by atoms with van der Waals surface area (Å²) in [4.78, 5) is 11.0. The van der Waals surface area contributed by atoms with Gasteiger partial charge in [-0.15, -0.1) is 0 Å². The van der Waals surface area contributed by atoms with Crippen molar-refractivity contribution in [2.75, 3.05) is 0 Å². The molecule has 0 fully saturated rings. The molecule has 0 radical (unpaired) electrons. The number of aliphatic hydroxyl groups is 1. The lowest BCUT2D eigenvalue weighted by Crippen LogP contribution is -2.26. The van der Waals surface area contributed by atoms with Crippen LogP contribution in [0.15, 0.2) is 0 Å². The number of ether oxygens (including phenoxy) is 1. The molecule has 0 unspecified atom stereocenters. The van der Waals surface area contributed by atoms with Gasteiger partial charge in [0, 0.05) is 0 Å². The van der Waals surface area contributed by atoms with Crippen molar-refractivity contribution in [3.63, 3.8) is 0 Å². The fourth-order valence-electron chi connectivity index (χ4n) is 0.537. The number of aliphatic hydroxyl groups excluding tert-OH is 1. The number of hydrogen-bond acceptors (Lipinski definition) is 3. The van der Waals surface area contributed by atoms with Crippen molar-refractivity contribution < 1.29 is 14.6 Å². The second-order valence-electron chi connectivity index (χ2n) is 3.01. The summed E-state index contributed by atoms with van der Waals surface area (Å²) in [7, 11) is 0. The number of hydrogen-bond donors (Lipinski definition) is 1. The standard InChI is InChI=1S/C8H16O3/c1-5(2)11-8(10)6(3)7(4)9/h5-7,9H,1-4H3/t6-,7+/m0/s1. The van der Waals surface area contributed by atoms with E-state index in [-0.39, 0.29) is 12.1 Å². The van der Waals surface area contributed by atoms with Crippen molar-refractivity contribution in [1.82, 2.24) is 0 Å². The number of carbonyl (C=O) groups is 1. The lowest BCUT2D eigenvalue weighted by atomic mass is 10.1. The lowest BCUT2D eigenvalue weighted by Gasteiger charge is -2.15. The van der Waals surface area contributed by atoms with Gasteiger partial charge in [-0.2, -0.15) is 0 Å². The molecule has 0 aliphatic rings. The van der Waals surface area contributed by atoms with Crippen molar-refractivity contribution in [1.29, 1.82) is 0 Å². The minimum atomic E-state index is -0.638. The second-order valence-corrected chi connectivity index (χ2v) is 3.01. The number of esters is 1. The van der Waals surface area contributed by atoms with Gasteiger partial charge in [-0.25, -0.2) is 0 Å². The van der Waals surface area contributed by atoms with Crippen LogP contribution >= 0.6 is 0 Å². The van der Waals surface area contributed by atoms with E-state index in [2.05, 4.69) is 0 Å². The van der Waals surface area contributed by atoms with Gasteiger partial charge >= 0.3 is 5.97 Å². The molecule has 0 amide bonds. The highest BCUT2D eigenvalue weighted by molar-refractivity contribution is 5.72. The summed E-state index contributed by atoms with van der Waals surface area (Å²) in [5, 5.41) is 9.00. The molecular formula is C8H16O3. The predicted octanol–water partition coefficient (Wildman–Crippen LogP) is 0.955. The Morgan fingerprint density at radius 3 is 2.00 bits per heavy atom. The van der Waals surface area contributed by atoms with Gasteiger partial charge in [-0.05, 0) is 27.7 Å². The molecule has 0 spiro atoms. The van der Waals surface area contributed by atoms with Crippen molar-refractivity contribution in [3.05, 3.63) is 0 Å². The lowest BCUT2D eigenvalue weighted by molar-refractivity contribution is -0.155. The van der Waals surface area contributed by atoms with Crippen LogP contribution in [-0.4, -0.2) is 23.3 Å². The van der Waals surface area contributed by atoms with Gasteiger partial charge in [0.2, 0.25) is 0 Å². The van der Waals surface area contributed by atoms with Crippen LogP contribution in [0.5, 0.6) is 0 Å². The maximum atomic E-state index is 11.0. The van der Waals surface area contributed by atoms with Gasteiger partial charge in [-0.1, -0.05) is 0 Å². The molecular weight excluding hydrogens is 144 g/mol. The quantitative estimate of drug-likeness (QED) is 0.625. The molecule has 0 saturated heterocycles. The molecule has 2 atom stereocenters. The minimum absolute atomic E-state index is 0.108. The normalized spacial score (nSPS) is 16.2. The molecule has 0 aliphatic heterocycles. The van der Waals surface area contributed by atoms with Gasteiger partial charge in [0.1, 0.15) is 0 Å². The van der Waals surface area contributed by atoms with E-state index in [1.165, 1.54) is 0 Å². The van der Waals surface area contributed by atoms with Crippen LogP contribution in [0.4, 0.5) is 0 Å². The zero-order chi connectivity index (χ0) is 9.02. The van der Waals surface area contributed by atoms with Crippen LogP contribution in [0.3, 0.4) is 0 Å². The molecule has 11 heavy (non-hydrogen) atoms. The van der Waals surface area contributed by atoms with Gasteiger partial charge < -0.3 is 9.84 Å². The average molecular weight is 160 g/mol. The van der Waals surface area contributed by atoms with E-state index in [1.54, 1.807) is 27.7 Å². The fraction of sp³-hybridized carbons (Fsp3) is 0.875. The zero-order valence-corrected chi connectivity index (χ0v) is 7.50. The summed E-state index contributed by atoms with van der Waals surface area (Å²) in [6.07, 6.45) is -0.745. The van der Waals surface area contributed by atoms with E-state index in [0.29, 0.717) is 0 Å². The Bertz CT molecular complexity index is 129. The molecule has 3 heteroatoms. The largest absolute Gasteiger partial charge is 0.463 e. The summed E-state index contributed by atoms with van der Waals surface area (Å²) < 4.78 is 4.87. The van der Waals surface area contributed by atoms with E-state index in [0.717, 1.165) is 0 Å². The van der Waals surface area contributed by atoms with Crippen molar-refractivity contribution in [2.24, 2.45) is 5.92 Å². The van der Waals surface area contributed by atoms with Crippen LogP contribution in [0.25, 0.3) is 0 Å². The average Bonchev–Trinajstić information content (AvgIpc) is 1.84. The Balaban J connectivity index is 3.83. The number of carbonyl (C=O) groups excluding carboxylic acids is 1. The van der Waals surface area contributed by atoms with Gasteiger partial charge in [-0.3, -0.25) is 4.79 Å². The third kappa shape index (κ3) is 3.98. The molecule has 0 aromatic rings. The molecule has 66 valence electrons. The third-order valence-corrected chi connectivity index (χ3v) is 1.45. The Labute approximate surface area is 67.4 Å². The monoisotopic (exact) mass is 160 g/mol. The molecule has 0 aliphatic carbocycles. The van der Waals surface area contributed by atoms with Crippen molar-refractivity contribution >= 4 is 5.97 Å². The van der Waals surface area contributed by atoms with Crippen LogP contribution in [-0.2, 0) is 9.53 Å². The van der Waals surface area contributed by atoms with Gasteiger partial charge in [0.25, 0.3) is 0 Å². The molecule has 0 bridgehead atoms. The number of rotatable bonds is 3. The summed E-state index contributed by atoms with van der Waals surface area (Å²) in [5.74, 6) is -0.771. The smallest absolute Gasteiger partial charge is 0.311 e. The van der Waals surface area contributed by atoms with Crippen LogP contribution < -0.4 is 0 Å².